The van der Waals surface area contributed by atoms with Crippen LogP contribution in [0.2, 0.25) is 0 Å². The summed E-state index contributed by atoms with van der Waals surface area (Å²) in [6.45, 7) is 21.3. The Hall–Kier alpha value is -3.86. The molecule has 2 aliphatic heterocycles. The second-order valence-corrected chi connectivity index (χ2v) is 14.6. The minimum Gasteiger partial charge on any atom is -0.444 e. The number of carbonyl (C=O) groups excluding carboxylic acids is 1. The minimum atomic E-state index is -0.582. The highest BCUT2D eigenvalue weighted by molar-refractivity contribution is 6.03. The largest absolute Gasteiger partial charge is 0.444 e. The lowest BCUT2D eigenvalue weighted by Gasteiger charge is -2.26. The van der Waals surface area contributed by atoms with Crippen LogP contribution in [0, 0.1) is 0 Å². The SMILES string of the molecule is CCCN1/C(=C/C=C2\CCC(/C=C/C3=[N+](CCC)c4ccccc4C3(C)C)=C2NC(=O)OC(C)(C)C)C(C)(C)c2ccccc21. The lowest BCUT2D eigenvalue weighted by molar-refractivity contribution is -0.437. The van der Waals surface area contributed by atoms with Crippen molar-refractivity contribution in [3.8, 4) is 0 Å². The molecular weight excluding hydrogens is 554 g/mol. The summed E-state index contributed by atoms with van der Waals surface area (Å²) in [5, 5.41) is 3.17. The van der Waals surface area contributed by atoms with E-state index in [2.05, 4.69) is 129 Å². The zero-order chi connectivity index (χ0) is 32.6. The van der Waals surface area contributed by atoms with Crippen LogP contribution in [0.3, 0.4) is 0 Å². The van der Waals surface area contributed by atoms with Crippen molar-refractivity contribution in [3.63, 3.8) is 0 Å². The fourth-order valence-corrected chi connectivity index (χ4v) is 7.20. The summed E-state index contributed by atoms with van der Waals surface area (Å²) in [7, 11) is 0. The summed E-state index contributed by atoms with van der Waals surface area (Å²) in [4.78, 5) is 15.6. The summed E-state index contributed by atoms with van der Waals surface area (Å²) in [5.41, 5.74) is 10.2. The van der Waals surface area contributed by atoms with Crippen LogP contribution in [0.1, 0.15) is 99.1 Å². The van der Waals surface area contributed by atoms with Crippen molar-refractivity contribution < 1.29 is 14.1 Å². The maximum Gasteiger partial charge on any atom is 0.412 e. The van der Waals surface area contributed by atoms with Crippen LogP contribution in [0.4, 0.5) is 16.2 Å². The molecule has 2 aromatic carbocycles. The predicted molar refractivity (Wildman–Crippen MR) is 188 cm³/mol. The van der Waals surface area contributed by atoms with Crippen molar-refractivity contribution in [2.45, 2.75) is 104 Å². The fraction of sp³-hybridized carbons (Fsp3) is 0.450. The topological polar surface area (TPSA) is 44.6 Å². The highest BCUT2D eigenvalue weighted by atomic mass is 16.6. The van der Waals surface area contributed by atoms with Gasteiger partial charge in [-0.05, 0) is 82.7 Å². The molecule has 1 aliphatic carbocycles. The Kier molecular flexibility index (Phi) is 9.04. The number of nitrogens with one attached hydrogen (secondary N) is 1. The molecule has 1 amide bonds. The van der Waals surface area contributed by atoms with Crippen molar-refractivity contribution in [1.82, 2.24) is 5.32 Å². The van der Waals surface area contributed by atoms with Gasteiger partial charge in [-0.25, -0.2) is 4.79 Å². The van der Waals surface area contributed by atoms with Crippen molar-refractivity contribution in [2.75, 3.05) is 18.0 Å². The first-order valence-corrected chi connectivity index (χ1v) is 16.7. The summed E-state index contributed by atoms with van der Waals surface area (Å²) in [6, 6.07) is 17.5. The molecule has 0 aromatic heterocycles. The molecule has 3 aliphatic rings. The van der Waals surface area contributed by atoms with Gasteiger partial charge in [-0.3, -0.25) is 5.32 Å². The average molecular weight is 607 g/mol. The molecule has 2 aromatic rings. The number of fused-ring (bicyclic) bond motifs is 2. The Balaban J connectivity index is 1.56. The van der Waals surface area contributed by atoms with Crippen molar-refractivity contribution in [1.29, 1.82) is 0 Å². The summed E-state index contributed by atoms with van der Waals surface area (Å²) < 4.78 is 8.19. The zero-order valence-electron chi connectivity index (χ0n) is 28.9. The van der Waals surface area contributed by atoms with Gasteiger partial charge in [0.25, 0.3) is 0 Å². The molecule has 0 spiro atoms. The Morgan fingerprint density at radius 3 is 2.29 bits per heavy atom. The number of nitrogens with zero attached hydrogens (tertiary/aromatic N) is 2. The smallest absolute Gasteiger partial charge is 0.412 e. The van der Waals surface area contributed by atoms with Gasteiger partial charge in [0.1, 0.15) is 12.1 Å². The Morgan fingerprint density at radius 2 is 1.60 bits per heavy atom. The monoisotopic (exact) mass is 606 g/mol. The summed E-state index contributed by atoms with van der Waals surface area (Å²) in [6.07, 6.45) is 12.4. The van der Waals surface area contributed by atoms with Gasteiger partial charge in [-0.2, -0.15) is 4.58 Å². The number of allylic oxidation sites excluding steroid dienone is 7. The highest BCUT2D eigenvalue weighted by Crippen LogP contribution is 2.48. The van der Waals surface area contributed by atoms with E-state index in [1.54, 1.807) is 0 Å². The molecule has 1 N–H and O–H groups in total. The van der Waals surface area contributed by atoms with Crippen LogP contribution in [-0.2, 0) is 15.6 Å². The van der Waals surface area contributed by atoms with E-state index >= 15 is 0 Å². The maximum absolute atomic E-state index is 13.1. The van der Waals surface area contributed by atoms with E-state index in [-0.39, 0.29) is 10.8 Å². The molecule has 45 heavy (non-hydrogen) atoms. The van der Waals surface area contributed by atoms with Gasteiger partial charge >= 0.3 is 6.09 Å². The van der Waals surface area contributed by atoms with Crippen LogP contribution < -0.4 is 10.2 Å². The van der Waals surface area contributed by atoms with E-state index in [0.29, 0.717) is 0 Å². The summed E-state index contributed by atoms with van der Waals surface area (Å²) >= 11 is 0. The van der Waals surface area contributed by atoms with E-state index in [4.69, 9.17) is 4.74 Å². The number of hydrogen-bond donors (Lipinski definition) is 1. The molecule has 0 fully saturated rings. The van der Waals surface area contributed by atoms with Gasteiger partial charge in [0.2, 0.25) is 5.69 Å². The number of alkyl carbamates (subject to hydrolysis) is 1. The first-order valence-electron chi connectivity index (χ1n) is 16.7. The molecule has 0 radical (unpaired) electrons. The molecule has 2 heterocycles. The van der Waals surface area contributed by atoms with Gasteiger partial charge in [0.15, 0.2) is 5.71 Å². The minimum absolute atomic E-state index is 0.116. The molecule has 0 unspecified atom stereocenters. The van der Waals surface area contributed by atoms with Crippen LogP contribution in [0.5, 0.6) is 0 Å². The van der Waals surface area contributed by atoms with Crippen molar-refractivity contribution >= 4 is 23.2 Å². The molecule has 0 saturated heterocycles. The normalized spacial score (nSPS) is 20.5. The zero-order valence-corrected chi connectivity index (χ0v) is 28.9. The standard InChI is InChI=1S/C40H51N3O2/c1-10-26-42-32-18-14-12-16-30(32)39(6,7)34(42)24-22-28-20-21-29(36(28)41-37(44)45-38(3,4)5)23-25-35-40(8,9)31-17-13-15-19-33(31)43(35)27-11-2/h12-19,22-25H,10-11,20-21,26-27H2,1-9H3/p+1/b28-22+,34-24+. The highest BCUT2D eigenvalue weighted by Gasteiger charge is 2.44. The Labute approximate surface area is 271 Å². The van der Waals surface area contributed by atoms with Crippen LogP contribution in [-0.4, -0.2) is 35.1 Å². The van der Waals surface area contributed by atoms with Gasteiger partial charge in [-0.15, -0.1) is 0 Å². The lowest BCUT2D eigenvalue weighted by Crippen LogP contribution is -2.32. The number of anilines is 1. The van der Waals surface area contributed by atoms with E-state index in [1.165, 1.54) is 33.9 Å². The van der Waals surface area contributed by atoms with E-state index in [9.17, 15) is 4.79 Å². The first-order chi connectivity index (χ1) is 21.3. The molecular formula is C40H52N3O2+. The third kappa shape index (κ3) is 6.32. The molecule has 0 atom stereocenters. The second kappa shape index (κ2) is 12.5. The number of para-hydroxylation sites is 2. The van der Waals surface area contributed by atoms with Gasteiger partial charge < -0.3 is 9.64 Å². The average Bonchev–Trinajstić information content (AvgIpc) is 3.52. The number of hydrogen-bond acceptors (Lipinski definition) is 3. The van der Waals surface area contributed by atoms with Crippen LogP contribution >= 0.6 is 0 Å². The lowest BCUT2D eigenvalue weighted by atomic mass is 9.81. The number of benzene rings is 2. The third-order valence-electron chi connectivity index (χ3n) is 9.31. The van der Waals surface area contributed by atoms with Crippen molar-refractivity contribution in [3.05, 3.63) is 107 Å². The molecule has 0 saturated carbocycles. The molecule has 5 rings (SSSR count). The third-order valence-corrected chi connectivity index (χ3v) is 9.31. The van der Waals surface area contributed by atoms with Crippen molar-refractivity contribution in [2.24, 2.45) is 0 Å². The number of carbonyl (C=O) groups is 1. The maximum atomic E-state index is 13.1. The summed E-state index contributed by atoms with van der Waals surface area (Å²) in [5.74, 6) is 0. The molecule has 5 heteroatoms. The first kappa shape index (κ1) is 32.5. The Bertz CT molecular complexity index is 1620. The number of ether oxygens (including phenoxy) is 1. The van der Waals surface area contributed by atoms with E-state index in [0.717, 1.165) is 55.6 Å². The van der Waals surface area contributed by atoms with Gasteiger partial charge in [-0.1, -0.05) is 76.2 Å². The molecule has 238 valence electrons. The van der Waals surface area contributed by atoms with Crippen LogP contribution in [0.25, 0.3) is 0 Å². The van der Waals surface area contributed by atoms with Crippen LogP contribution in [0.15, 0.2) is 95.4 Å². The van der Waals surface area contributed by atoms with Gasteiger partial charge in [0.05, 0.1) is 11.1 Å². The van der Waals surface area contributed by atoms with Gasteiger partial charge in [0, 0.05) is 47.5 Å². The molecule has 0 bridgehead atoms. The molecule has 5 nitrogen and oxygen atoms in total. The number of rotatable bonds is 8. The number of amides is 1. The fourth-order valence-electron chi connectivity index (χ4n) is 7.20. The van der Waals surface area contributed by atoms with E-state index < -0.39 is 11.7 Å². The Morgan fingerprint density at radius 1 is 0.911 bits per heavy atom. The predicted octanol–water partition coefficient (Wildman–Crippen LogP) is 9.62. The van der Waals surface area contributed by atoms with E-state index in [1.807, 2.05) is 20.8 Å². The second-order valence-electron chi connectivity index (χ2n) is 14.6. The quantitative estimate of drug-likeness (QED) is 0.304.